The Kier molecular flexibility index (Phi) is 6.27. The highest BCUT2D eigenvalue weighted by atomic mass is 16.7. The lowest BCUT2D eigenvalue weighted by atomic mass is 9.86. The number of fused-ring (bicyclic) bond motifs is 1. The Labute approximate surface area is 189 Å². The molecule has 12 heteroatoms. The van der Waals surface area contributed by atoms with Gasteiger partial charge >= 0.3 is 6.16 Å². The lowest BCUT2D eigenvalue weighted by Gasteiger charge is -2.35. The van der Waals surface area contributed by atoms with Crippen molar-refractivity contribution in [2.24, 2.45) is 0 Å². The minimum atomic E-state index is -0.878. The SMILES string of the molecule is CCOC(=O)OC1=C(C)Nc2nc(N)nc(N3CCOCC3)c2C1c1cccc([N+](=O)[O-])c1. The highest BCUT2D eigenvalue weighted by molar-refractivity contribution is 5.73. The number of nitro benzene ring substituents is 1. The summed E-state index contributed by atoms with van der Waals surface area (Å²) in [6, 6.07) is 6.16. The van der Waals surface area contributed by atoms with Gasteiger partial charge in [-0.2, -0.15) is 9.97 Å². The number of hydrogen-bond acceptors (Lipinski definition) is 11. The first-order chi connectivity index (χ1) is 15.9. The van der Waals surface area contributed by atoms with Crippen LogP contribution in [0.1, 0.15) is 30.9 Å². The largest absolute Gasteiger partial charge is 0.513 e. The van der Waals surface area contributed by atoms with E-state index in [1.807, 2.05) is 4.90 Å². The Morgan fingerprint density at radius 1 is 1.36 bits per heavy atom. The van der Waals surface area contributed by atoms with Crippen LogP contribution in [0.25, 0.3) is 0 Å². The summed E-state index contributed by atoms with van der Waals surface area (Å²) in [7, 11) is 0. The molecular formula is C21H24N6O6. The van der Waals surface area contributed by atoms with E-state index in [2.05, 4.69) is 15.3 Å². The number of aromatic nitrogens is 2. The van der Waals surface area contributed by atoms with Crippen molar-refractivity contribution in [2.75, 3.05) is 48.9 Å². The average Bonchev–Trinajstić information content (AvgIpc) is 2.80. The number of rotatable bonds is 5. The highest BCUT2D eigenvalue weighted by Gasteiger charge is 2.37. The smallest absolute Gasteiger partial charge is 0.434 e. The topological polar surface area (TPSA) is 155 Å². The van der Waals surface area contributed by atoms with Crippen molar-refractivity contribution in [3.8, 4) is 0 Å². The van der Waals surface area contributed by atoms with Crippen LogP contribution in [0.2, 0.25) is 0 Å². The number of anilines is 3. The van der Waals surface area contributed by atoms with Crippen LogP contribution >= 0.6 is 0 Å². The third-order valence-corrected chi connectivity index (χ3v) is 5.35. The summed E-state index contributed by atoms with van der Waals surface area (Å²) >= 11 is 0. The summed E-state index contributed by atoms with van der Waals surface area (Å²) in [6.45, 7) is 5.68. The van der Waals surface area contributed by atoms with Crippen molar-refractivity contribution in [2.45, 2.75) is 19.8 Å². The van der Waals surface area contributed by atoms with Crippen molar-refractivity contribution >= 4 is 29.4 Å². The molecule has 1 aromatic carbocycles. The third kappa shape index (κ3) is 4.51. The van der Waals surface area contributed by atoms with Gasteiger partial charge in [-0.05, 0) is 19.4 Å². The number of ether oxygens (including phenoxy) is 3. The third-order valence-electron chi connectivity index (χ3n) is 5.35. The van der Waals surface area contributed by atoms with Gasteiger partial charge in [-0.1, -0.05) is 12.1 Å². The molecule has 1 unspecified atom stereocenters. The Morgan fingerprint density at radius 3 is 2.82 bits per heavy atom. The highest BCUT2D eigenvalue weighted by Crippen LogP contribution is 2.46. The van der Waals surface area contributed by atoms with Crippen LogP contribution in [0.5, 0.6) is 0 Å². The second-order valence-electron chi connectivity index (χ2n) is 7.45. The van der Waals surface area contributed by atoms with Crippen molar-refractivity contribution in [1.29, 1.82) is 0 Å². The Hall–Kier alpha value is -3.93. The van der Waals surface area contributed by atoms with Crippen LogP contribution in [0.15, 0.2) is 35.7 Å². The van der Waals surface area contributed by atoms with E-state index in [0.29, 0.717) is 54.8 Å². The standard InChI is InChI=1S/C21H24N6O6/c1-3-32-21(28)33-17-12(2)23-18-16(15(17)13-5-4-6-14(11-13)27(29)30)19(25-20(22)24-18)26-7-9-31-10-8-26/h4-6,11,15H,3,7-10H2,1-2H3,(H3,22,23,24,25). The van der Waals surface area contributed by atoms with E-state index in [-0.39, 0.29) is 24.0 Å². The summed E-state index contributed by atoms with van der Waals surface area (Å²) in [5, 5.41) is 14.6. The molecule has 0 bridgehead atoms. The van der Waals surface area contributed by atoms with Gasteiger partial charge in [0.25, 0.3) is 5.69 Å². The predicted octanol–water partition coefficient (Wildman–Crippen LogP) is 2.77. The lowest BCUT2D eigenvalue weighted by Crippen LogP contribution is -2.38. The number of carbonyl (C=O) groups is 1. The van der Waals surface area contributed by atoms with Gasteiger partial charge in [0.15, 0.2) is 0 Å². The quantitative estimate of drug-likeness (QED) is 0.387. The fraction of sp³-hybridized carbons (Fsp3) is 0.381. The minimum absolute atomic E-state index is 0.0723. The average molecular weight is 456 g/mol. The van der Waals surface area contributed by atoms with E-state index < -0.39 is 17.0 Å². The molecule has 1 aromatic heterocycles. The number of benzene rings is 1. The predicted molar refractivity (Wildman–Crippen MR) is 119 cm³/mol. The monoisotopic (exact) mass is 456 g/mol. The first kappa shape index (κ1) is 22.3. The van der Waals surface area contributed by atoms with Gasteiger partial charge in [0.2, 0.25) is 5.95 Å². The number of carbonyl (C=O) groups excluding carboxylic acids is 1. The zero-order valence-electron chi connectivity index (χ0n) is 18.2. The maximum Gasteiger partial charge on any atom is 0.513 e. The molecule has 0 spiro atoms. The molecule has 0 saturated carbocycles. The lowest BCUT2D eigenvalue weighted by molar-refractivity contribution is -0.384. The van der Waals surface area contributed by atoms with Gasteiger partial charge in [0, 0.05) is 25.2 Å². The van der Waals surface area contributed by atoms with Crippen molar-refractivity contribution in [1.82, 2.24) is 9.97 Å². The fourth-order valence-corrected chi connectivity index (χ4v) is 3.95. The maximum absolute atomic E-state index is 12.3. The molecule has 12 nitrogen and oxygen atoms in total. The summed E-state index contributed by atoms with van der Waals surface area (Å²) in [5.74, 6) is 0.577. The molecule has 0 radical (unpaired) electrons. The van der Waals surface area contributed by atoms with E-state index in [1.54, 1.807) is 26.0 Å². The minimum Gasteiger partial charge on any atom is -0.434 e. The van der Waals surface area contributed by atoms with E-state index >= 15 is 0 Å². The summed E-state index contributed by atoms with van der Waals surface area (Å²) < 4.78 is 16.0. The normalized spacial score (nSPS) is 17.8. The number of allylic oxidation sites excluding steroid dienone is 2. The van der Waals surface area contributed by atoms with Gasteiger partial charge in [-0.3, -0.25) is 10.1 Å². The molecule has 2 aromatic rings. The molecular weight excluding hydrogens is 432 g/mol. The van der Waals surface area contributed by atoms with E-state index in [9.17, 15) is 14.9 Å². The molecule has 2 aliphatic rings. The van der Waals surface area contributed by atoms with E-state index in [1.165, 1.54) is 12.1 Å². The molecule has 3 N–H and O–H groups in total. The molecule has 3 heterocycles. The Bertz CT molecular complexity index is 1110. The van der Waals surface area contributed by atoms with Gasteiger partial charge < -0.3 is 30.2 Å². The first-order valence-corrected chi connectivity index (χ1v) is 10.5. The number of nitrogens with one attached hydrogen (secondary N) is 1. The second-order valence-corrected chi connectivity index (χ2v) is 7.45. The van der Waals surface area contributed by atoms with E-state index in [4.69, 9.17) is 19.9 Å². The number of nitrogens with two attached hydrogens (primary N) is 1. The molecule has 0 amide bonds. The van der Waals surface area contributed by atoms with Gasteiger partial charge in [0.05, 0.1) is 41.9 Å². The zero-order chi connectivity index (χ0) is 23.5. The Morgan fingerprint density at radius 2 is 2.12 bits per heavy atom. The van der Waals surface area contributed by atoms with Crippen molar-refractivity contribution < 1.29 is 23.9 Å². The summed E-state index contributed by atoms with van der Waals surface area (Å²) in [4.78, 5) is 34.1. The Balaban J connectivity index is 1.91. The molecule has 1 fully saturated rings. The van der Waals surface area contributed by atoms with Crippen LogP contribution in [0.4, 0.5) is 28.1 Å². The molecule has 1 saturated heterocycles. The van der Waals surface area contributed by atoms with Crippen molar-refractivity contribution in [3.63, 3.8) is 0 Å². The van der Waals surface area contributed by atoms with Crippen LogP contribution in [0, 0.1) is 10.1 Å². The molecule has 1 atom stereocenters. The maximum atomic E-state index is 12.3. The summed E-state index contributed by atoms with van der Waals surface area (Å²) in [6.07, 6.45) is -0.878. The van der Waals surface area contributed by atoms with Crippen LogP contribution in [0.3, 0.4) is 0 Å². The van der Waals surface area contributed by atoms with Gasteiger partial charge in [-0.25, -0.2) is 4.79 Å². The van der Waals surface area contributed by atoms with Gasteiger partial charge in [-0.15, -0.1) is 0 Å². The fourth-order valence-electron chi connectivity index (χ4n) is 3.95. The van der Waals surface area contributed by atoms with Gasteiger partial charge in [0.1, 0.15) is 17.4 Å². The van der Waals surface area contributed by atoms with Crippen LogP contribution < -0.4 is 16.0 Å². The molecule has 2 aliphatic heterocycles. The second kappa shape index (κ2) is 9.28. The number of nitrogen functional groups attached to an aromatic ring is 1. The molecule has 174 valence electrons. The molecule has 33 heavy (non-hydrogen) atoms. The molecule has 4 rings (SSSR count). The van der Waals surface area contributed by atoms with Crippen molar-refractivity contribution in [3.05, 3.63) is 57.0 Å². The first-order valence-electron chi connectivity index (χ1n) is 10.5. The number of non-ortho nitro benzene ring substituents is 1. The van der Waals surface area contributed by atoms with Crippen LogP contribution in [-0.4, -0.2) is 54.0 Å². The zero-order valence-corrected chi connectivity index (χ0v) is 18.2. The number of morpholine rings is 1. The van der Waals surface area contributed by atoms with E-state index in [0.717, 1.165) is 0 Å². The number of nitro groups is 1. The molecule has 0 aliphatic carbocycles. The number of nitrogens with zero attached hydrogens (tertiary/aromatic N) is 4. The number of hydrogen-bond donors (Lipinski definition) is 2. The van der Waals surface area contributed by atoms with Crippen LogP contribution in [-0.2, 0) is 14.2 Å². The summed E-state index contributed by atoms with van der Waals surface area (Å²) in [5.41, 5.74) is 7.54.